The van der Waals surface area contributed by atoms with Gasteiger partial charge in [0.1, 0.15) is 12.5 Å². The standard InChI is InChI=1S/C12H16F6O7/c13-11(14,15)10(23,12(16,17)18)6-25-8(21)2-1-3-24-9(22)7(4-19)5-20/h7,19-20,23H,1-6H2. The number of carbonyl (C=O) groups excluding carboxylic acids is 2. The summed E-state index contributed by atoms with van der Waals surface area (Å²) >= 11 is 0. The van der Waals surface area contributed by atoms with Gasteiger partial charge in [-0.25, -0.2) is 0 Å². The van der Waals surface area contributed by atoms with Gasteiger partial charge < -0.3 is 24.8 Å². The zero-order chi connectivity index (χ0) is 19.9. The molecular formula is C12H16F6O7. The lowest BCUT2D eigenvalue weighted by molar-refractivity contribution is -0.375. The van der Waals surface area contributed by atoms with Crippen LogP contribution in [-0.2, 0) is 19.1 Å². The van der Waals surface area contributed by atoms with Gasteiger partial charge in [0.2, 0.25) is 0 Å². The van der Waals surface area contributed by atoms with Crippen molar-refractivity contribution < 1.29 is 60.7 Å². The summed E-state index contributed by atoms with van der Waals surface area (Å²) < 4.78 is 82.3. The maximum Gasteiger partial charge on any atom is 0.429 e. The number of esters is 2. The van der Waals surface area contributed by atoms with Crippen LogP contribution in [0.1, 0.15) is 12.8 Å². The number of hydrogen-bond acceptors (Lipinski definition) is 7. The van der Waals surface area contributed by atoms with Crippen LogP contribution < -0.4 is 0 Å². The van der Waals surface area contributed by atoms with Gasteiger partial charge in [-0.1, -0.05) is 0 Å². The van der Waals surface area contributed by atoms with Gasteiger partial charge in [-0.2, -0.15) is 26.3 Å². The van der Waals surface area contributed by atoms with Gasteiger partial charge in [0.15, 0.2) is 0 Å². The number of carbonyl (C=O) groups is 2. The van der Waals surface area contributed by atoms with E-state index in [4.69, 9.17) is 15.3 Å². The zero-order valence-electron chi connectivity index (χ0n) is 12.6. The Bertz CT molecular complexity index is 430. The molecule has 0 spiro atoms. The first-order valence-electron chi connectivity index (χ1n) is 6.70. The summed E-state index contributed by atoms with van der Waals surface area (Å²) in [6, 6.07) is 0. The lowest BCUT2D eigenvalue weighted by Crippen LogP contribution is -2.60. The van der Waals surface area contributed by atoms with Crippen molar-refractivity contribution in [3.8, 4) is 0 Å². The summed E-state index contributed by atoms with van der Waals surface area (Å²) in [6.07, 6.45) is -13.2. The van der Waals surface area contributed by atoms with E-state index in [0.717, 1.165) is 0 Å². The number of aliphatic hydroxyl groups excluding tert-OH is 2. The fourth-order valence-electron chi connectivity index (χ4n) is 1.30. The van der Waals surface area contributed by atoms with Gasteiger partial charge >= 0.3 is 24.3 Å². The fraction of sp³-hybridized carbons (Fsp3) is 0.833. The molecule has 0 bridgehead atoms. The molecular weight excluding hydrogens is 370 g/mol. The summed E-state index contributed by atoms with van der Waals surface area (Å²) in [5.41, 5.74) is -5.20. The Hall–Kier alpha value is -1.60. The van der Waals surface area contributed by atoms with Crippen LogP contribution in [0.15, 0.2) is 0 Å². The third-order valence-corrected chi connectivity index (χ3v) is 2.92. The molecule has 0 aromatic carbocycles. The Morgan fingerprint density at radius 3 is 1.80 bits per heavy atom. The Morgan fingerprint density at radius 1 is 0.920 bits per heavy atom. The molecule has 0 aromatic heterocycles. The van der Waals surface area contributed by atoms with Crippen LogP contribution in [0.25, 0.3) is 0 Å². The van der Waals surface area contributed by atoms with E-state index in [0.29, 0.717) is 0 Å². The number of aliphatic hydroxyl groups is 3. The van der Waals surface area contributed by atoms with E-state index in [1.165, 1.54) is 0 Å². The number of halogens is 6. The molecule has 0 aromatic rings. The van der Waals surface area contributed by atoms with Crippen molar-refractivity contribution in [1.29, 1.82) is 0 Å². The summed E-state index contributed by atoms with van der Waals surface area (Å²) in [5, 5.41) is 26.1. The Kier molecular flexibility index (Phi) is 8.61. The van der Waals surface area contributed by atoms with E-state index in [1.54, 1.807) is 0 Å². The smallest absolute Gasteiger partial charge is 0.429 e. The molecule has 0 aliphatic heterocycles. The Balaban J connectivity index is 4.38. The molecule has 3 N–H and O–H groups in total. The van der Waals surface area contributed by atoms with Gasteiger partial charge in [-0.15, -0.1) is 0 Å². The minimum atomic E-state index is -6.11. The molecule has 0 aliphatic carbocycles. The normalized spacial score (nSPS) is 13.0. The van der Waals surface area contributed by atoms with Crippen molar-refractivity contribution in [2.45, 2.75) is 30.8 Å². The molecule has 0 saturated carbocycles. The van der Waals surface area contributed by atoms with Crippen LogP contribution in [0.3, 0.4) is 0 Å². The summed E-state index contributed by atoms with van der Waals surface area (Å²) in [7, 11) is 0. The molecule has 0 unspecified atom stereocenters. The lowest BCUT2D eigenvalue weighted by atomic mass is 10.0. The van der Waals surface area contributed by atoms with Gasteiger partial charge in [-0.3, -0.25) is 9.59 Å². The van der Waals surface area contributed by atoms with Crippen molar-refractivity contribution >= 4 is 11.9 Å². The molecule has 25 heavy (non-hydrogen) atoms. The largest absolute Gasteiger partial charge is 0.465 e. The molecule has 0 aliphatic rings. The molecule has 0 fully saturated rings. The maximum absolute atomic E-state index is 12.3. The first-order chi connectivity index (χ1) is 11.3. The molecule has 0 amide bonds. The second kappa shape index (κ2) is 9.20. The molecule has 13 heteroatoms. The lowest BCUT2D eigenvalue weighted by Gasteiger charge is -2.31. The van der Waals surface area contributed by atoms with Crippen LogP contribution >= 0.6 is 0 Å². The minimum absolute atomic E-state index is 0.301. The highest BCUT2D eigenvalue weighted by molar-refractivity contribution is 5.72. The quantitative estimate of drug-likeness (QED) is 0.297. The van der Waals surface area contributed by atoms with Crippen molar-refractivity contribution in [2.24, 2.45) is 5.92 Å². The second-order valence-corrected chi connectivity index (χ2v) is 4.85. The molecule has 0 rings (SSSR count). The van der Waals surface area contributed by atoms with Gasteiger partial charge in [-0.05, 0) is 6.42 Å². The van der Waals surface area contributed by atoms with Crippen molar-refractivity contribution in [1.82, 2.24) is 0 Å². The van der Waals surface area contributed by atoms with E-state index < -0.39 is 68.7 Å². The Labute approximate surface area is 137 Å². The van der Waals surface area contributed by atoms with Gasteiger partial charge in [0.05, 0.1) is 19.8 Å². The van der Waals surface area contributed by atoms with E-state index in [1.807, 2.05) is 0 Å². The number of hydrogen-bond donors (Lipinski definition) is 3. The van der Waals surface area contributed by atoms with Crippen LogP contribution in [0.2, 0.25) is 0 Å². The van der Waals surface area contributed by atoms with E-state index in [-0.39, 0.29) is 6.42 Å². The molecule has 0 atom stereocenters. The summed E-state index contributed by atoms with van der Waals surface area (Å²) in [5.74, 6) is -3.69. The second-order valence-electron chi connectivity index (χ2n) is 4.85. The van der Waals surface area contributed by atoms with E-state index in [9.17, 15) is 35.9 Å². The van der Waals surface area contributed by atoms with Crippen molar-refractivity contribution in [3.63, 3.8) is 0 Å². The maximum atomic E-state index is 12.3. The zero-order valence-corrected chi connectivity index (χ0v) is 12.6. The van der Waals surface area contributed by atoms with Crippen LogP contribution in [0.5, 0.6) is 0 Å². The third kappa shape index (κ3) is 6.66. The fourth-order valence-corrected chi connectivity index (χ4v) is 1.30. The molecule has 148 valence electrons. The number of rotatable bonds is 9. The summed E-state index contributed by atoms with van der Waals surface area (Å²) in [4.78, 5) is 22.3. The molecule has 0 heterocycles. The summed E-state index contributed by atoms with van der Waals surface area (Å²) in [6.45, 7) is -4.22. The highest BCUT2D eigenvalue weighted by Crippen LogP contribution is 2.43. The predicted molar refractivity (Wildman–Crippen MR) is 65.9 cm³/mol. The average Bonchev–Trinajstić information content (AvgIpc) is 2.48. The Morgan fingerprint density at radius 2 is 1.40 bits per heavy atom. The molecule has 0 radical (unpaired) electrons. The number of ether oxygens (including phenoxy) is 2. The van der Waals surface area contributed by atoms with E-state index in [2.05, 4.69) is 9.47 Å². The van der Waals surface area contributed by atoms with Crippen LogP contribution in [0.4, 0.5) is 26.3 Å². The van der Waals surface area contributed by atoms with Gasteiger partial charge in [0.25, 0.3) is 5.60 Å². The monoisotopic (exact) mass is 386 g/mol. The van der Waals surface area contributed by atoms with Crippen molar-refractivity contribution in [3.05, 3.63) is 0 Å². The topological polar surface area (TPSA) is 113 Å². The highest BCUT2D eigenvalue weighted by atomic mass is 19.4. The molecule has 0 saturated heterocycles. The number of alkyl halides is 6. The van der Waals surface area contributed by atoms with Crippen LogP contribution in [0, 0.1) is 5.92 Å². The molecule has 7 nitrogen and oxygen atoms in total. The predicted octanol–water partition coefficient (Wildman–Crippen LogP) is 0.310. The SMILES string of the molecule is O=C(CCCOC(=O)C(CO)CO)OCC(O)(C(F)(F)F)C(F)(F)F. The van der Waals surface area contributed by atoms with Gasteiger partial charge in [0, 0.05) is 6.42 Å². The average molecular weight is 386 g/mol. The highest BCUT2D eigenvalue weighted by Gasteiger charge is 2.71. The first-order valence-corrected chi connectivity index (χ1v) is 6.70. The third-order valence-electron chi connectivity index (χ3n) is 2.92. The van der Waals surface area contributed by atoms with Crippen LogP contribution in [-0.4, -0.2) is 71.6 Å². The minimum Gasteiger partial charge on any atom is -0.465 e. The van der Waals surface area contributed by atoms with E-state index >= 15 is 0 Å². The van der Waals surface area contributed by atoms with Crippen molar-refractivity contribution in [2.75, 3.05) is 26.4 Å². The first kappa shape index (κ1) is 23.4.